The van der Waals surface area contributed by atoms with E-state index in [4.69, 9.17) is 18.9 Å². The average molecular weight is 447 g/mol. The summed E-state index contributed by atoms with van der Waals surface area (Å²) in [6, 6.07) is 0. The van der Waals surface area contributed by atoms with E-state index >= 15 is 0 Å². The first-order valence-electron chi connectivity index (χ1n) is 8.81. The number of ether oxygens (including phenoxy) is 1. The number of carbonyl (C=O) groups is 1. The topological polar surface area (TPSA) is 137 Å². The Labute approximate surface area is 172 Å². The summed E-state index contributed by atoms with van der Waals surface area (Å²) in [4.78, 5) is 37.3. The number of aromatic nitrogens is 2. The first-order chi connectivity index (χ1) is 13.6. The number of H-pyrrole nitrogens is 1. The highest BCUT2D eigenvalue weighted by Crippen LogP contribution is 2.28. The second-order valence-electron chi connectivity index (χ2n) is 6.96. The van der Waals surface area contributed by atoms with Gasteiger partial charge in [-0.3, -0.25) is 19.1 Å². The minimum Gasteiger partial charge on any atom is -0.395 e. The van der Waals surface area contributed by atoms with Gasteiger partial charge in [0.2, 0.25) is 0 Å². The number of hydrogen-bond acceptors (Lipinski definition) is 9. The third-order valence-corrected chi connectivity index (χ3v) is 5.97. The summed E-state index contributed by atoms with van der Waals surface area (Å²) in [5.41, 5.74) is -1.51. The van der Waals surface area contributed by atoms with Crippen LogP contribution in [0.1, 0.15) is 25.6 Å². The fourth-order valence-electron chi connectivity index (χ4n) is 2.19. The molecule has 3 atom stereocenters. The summed E-state index contributed by atoms with van der Waals surface area (Å²) in [6.07, 6.45) is 3.45. The van der Waals surface area contributed by atoms with Gasteiger partial charge in [0, 0.05) is 22.1 Å². The lowest BCUT2D eigenvalue weighted by atomic mass is 9.97. The number of rotatable bonds is 10. The molecule has 12 heteroatoms. The number of aliphatic hydroxyl groups is 1. The van der Waals surface area contributed by atoms with E-state index in [0.717, 1.165) is 11.8 Å². The van der Waals surface area contributed by atoms with Crippen molar-refractivity contribution in [3.8, 4) is 0 Å². The summed E-state index contributed by atoms with van der Waals surface area (Å²) < 4.78 is 28.8. The Morgan fingerprint density at radius 2 is 2.10 bits per heavy atom. The monoisotopic (exact) mass is 447 g/mol. The summed E-state index contributed by atoms with van der Waals surface area (Å²) in [7, 11) is -2.40. The number of aliphatic hydroxyl groups excluding tert-OH is 1. The van der Waals surface area contributed by atoms with E-state index in [2.05, 4.69) is 4.98 Å². The minimum atomic E-state index is -2.40. The van der Waals surface area contributed by atoms with E-state index in [9.17, 15) is 18.9 Å². The highest BCUT2D eigenvalue weighted by molar-refractivity contribution is 8.13. The number of aryl methyl sites for hydroxylation is 1. The minimum absolute atomic E-state index is 0.0448. The predicted molar refractivity (Wildman–Crippen MR) is 107 cm³/mol. The number of thioether (sulfide) groups is 1. The summed E-state index contributed by atoms with van der Waals surface area (Å²) in [6.45, 7) is 4.59. The van der Waals surface area contributed by atoms with Gasteiger partial charge in [-0.15, -0.1) is 9.05 Å². The molecule has 0 amide bonds. The fraction of sp³-hybridized carbons (Fsp3) is 0.588. The Balaban J connectivity index is 1.71. The lowest BCUT2D eigenvalue weighted by Gasteiger charge is -2.18. The van der Waals surface area contributed by atoms with E-state index in [-0.39, 0.29) is 30.7 Å². The zero-order valence-corrected chi connectivity index (χ0v) is 18.0. The van der Waals surface area contributed by atoms with Crippen molar-refractivity contribution in [1.82, 2.24) is 9.55 Å². The lowest BCUT2D eigenvalue weighted by Crippen LogP contribution is -2.33. The molecule has 2 N–H and O–H groups in total. The van der Waals surface area contributed by atoms with Gasteiger partial charge in [-0.2, -0.15) is 0 Å². The molecule has 2 rings (SSSR count). The van der Waals surface area contributed by atoms with Crippen molar-refractivity contribution in [3.05, 3.63) is 44.8 Å². The molecule has 1 aromatic rings. The van der Waals surface area contributed by atoms with Crippen molar-refractivity contribution in [2.24, 2.45) is 5.41 Å². The van der Waals surface area contributed by atoms with Crippen LogP contribution in [-0.4, -0.2) is 51.5 Å². The molecule has 0 saturated heterocycles. The normalized spacial score (nSPS) is 19.5. The van der Waals surface area contributed by atoms with Gasteiger partial charge in [-0.1, -0.05) is 17.8 Å². The van der Waals surface area contributed by atoms with E-state index in [1.807, 2.05) is 0 Å². The van der Waals surface area contributed by atoms with Gasteiger partial charge >= 0.3 is 13.9 Å². The molecule has 2 unspecified atom stereocenters. The Hall–Kier alpha value is -1.62. The molecule has 0 spiro atoms. The van der Waals surface area contributed by atoms with E-state index in [1.165, 1.54) is 10.8 Å². The first-order valence-corrected chi connectivity index (χ1v) is 10.9. The Kier molecular flexibility index (Phi) is 8.50. The molecule has 1 aliphatic heterocycles. The molecule has 0 aromatic carbocycles. The van der Waals surface area contributed by atoms with Gasteiger partial charge in [-0.05, 0) is 26.8 Å². The SMILES string of the molecule is Cc1cn(C2C=C[C@@H](CO[P+](=O)OCCSC(=O)C(C)(C)CO)O2)c(=O)[nH]c1=O. The van der Waals surface area contributed by atoms with Crippen molar-refractivity contribution in [2.45, 2.75) is 33.1 Å². The second kappa shape index (κ2) is 10.4. The maximum absolute atomic E-state index is 11.9. The first kappa shape index (κ1) is 23.7. The molecule has 0 bridgehead atoms. The van der Waals surface area contributed by atoms with Crippen LogP contribution in [0.5, 0.6) is 0 Å². The van der Waals surface area contributed by atoms with Crippen LogP contribution in [0.3, 0.4) is 0 Å². The molecule has 0 fully saturated rings. The molecule has 2 heterocycles. The second-order valence-corrected chi connectivity index (χ2v) is 8.99. The molecule has 0 aliphatic carbocycles. The highest BCUT2D eigenvalue weighted by atomic mass is 32.2. The molecule has 1 aliphatic rings. The van der Waals surface area contributed by atoms with Gasteiger partial charge in [-0.25, -0.2) is 4.79 Å². The number of nitrogens with one attached hydrogen (secondary N) is 1. The van der Waals surface area contributed by atoms with Gasteiger partial charge in [0.05, 0.1) is 12.0 Å². The van der Waals surface area contributed by atoms with Gasteiger partial charge < -0.3 is 9.84 Å². The van der Waals surface area contributed by atoms with Crippen LogP contribution in [0.4, 0.5) is 0 Å². The zero-order valence-electron chi connectivity index (χ0n) is 16.3. The summed E-state index contributed by atoms with van der Waals surface area (Å²) in [5, 5.41) is 8.95. The van der Waals surface area contributed by atoms with Crippen LogP contribution in [0.25, 0.3) is 0 Å². The third kappa shape index (κ3) is 6.70. The van der Waals surface area contributed by atoms with E-state index in [1.54, 1.807) is 32.9 Å². The van der Waals surface area contributed by atoms with Crippen LogP contribution in [0.2, 0.25) is 0 Å². The van der Waals surface area contributed by atoms with Crippen molar-refractivity contribution in [3.63, 3.8) is 0 Å². The van der Waals surface area contributed by atoms with Crippen LogP contribution in [0.15, 0.2) is 27.9 Å². The molecule has 160 valence electrons. The van der Waals surface area contributed by atoms with Crippen LogP contribution in [0, 0.1) is 12.3 Å². The van der Waals surface area contributed by atoms with Crippen molar-refractivity contribution >= 4 is 25.1 Å². The van der Waals surface area contributed by atoms with Gasteiger partial charge in [0.15, 0.2) is 11.3 Å². The quantitative estimate of drug-likeness (QED) is 0.308. The Morgan fingerprint density at radius 1 is 1.38 bits per heavy atom. The predicted octanol–water partition coefficient (Wildman–Crippen LogP) is 1.27. The van der Waals surface area contributed by atoms with Crippen LogP contribution >= 0.6 is 20.0 Å². The number of hydrogen-bond donors (Lipinski definition) is 2. The van der Waals surface area contributed by atoms with Gasteiger partial charge in [0.25, 0.3) is 5.56 Å². The Bertz CT molecular complexity index is 894. The van der Waals surface area contributed by atoms with Crippen molar-refractivity contribution in [2.75, 3.05) is 25.6 Å². The van der Waals surface area contributed by atoms with Crippen LogP contribution < -0.4 is 11.2 Å². The zero-order chi connectivity index (χ0) is 21.6. The molecule has 0 saturated carbocycles. The van der Waals surface area contributed by atoms with E-state index in [0.29, 0.717) is 5.56 Å². The standard InChI is InChI=1S/C17H23N2O8PS/c1-11-8-19(16(23)18-14(11)21)13-5-4-12(27-13)9-26-28(24)25-6-7-29-15(22)17(2,3)10-20/h4-5,8,12-13,20H,6-7,9-10H2,1-3H3/p+1/t12-,13?/m0/s1. The Morgan fingerprint density at radius 3 is 2.79 bits per heavy atom. The van der Waals surface area contributed by atoms with E-state index < -0.39 is 37.3 Å². The summed E-state index contributed by atoms with van der Waals surface area (Å²) >= 11 is 0.993. The largest absolute Gasteiger partial charge is 0.697 e. The van der Waals surface area contributed by atoms with Crippen molar-refractivity contribution in [1.29, 1.82) is 0 Å². The molecule has 10 nitrogen and oxygen atoms in total. The van der Waals surface area contributed by atoms with Gasteiger partial charge in [0.1, 0.15) is 19.3 Å². The number of nitrogens with zero attached hydrogens (tertiary/aromatic N) is 1. The lowest BCUT2D eigenvalue weighted by molar-refractivity contribution is -0.119. The maximum atomic E-state index is 11.9. The average Bonchev–Trinajstić information content (AvgIpc) is 3.15. The molecule has 1 aromatic heterocycles. The fourth-order valence-corrected chi connectivity index (χ4v) is 3.71. The molecule has 0 radical (unpaired) electrons. The maximum Gasteiger partial charge on any atom is 0.697 e. The molecule has 29 heavy (non-hydrogen) atoms. The third-order valence-electron chi connectivity index (χ3n) is 4.03. The smallest absolute Gasteiger partial charge is 0.395 e. The number of carbonyl (C=O) groups excluding carboxylic acids is 1. The molecular weight excluding hydrogens is 423 g/mol. The van der Waals surface area contributed by atoms with Crippen LogP contribution in [-0.2, 0) is 23.1 Å². The van der Waals surface area contributed by atoms with Crippen molar-refractivity contribution < 1.29 is 28.3 Å². The molecular formula is C17H24N2O8PS+. The number of aromatic amines is 1. The highest BCUT2D eigenvalue weighted by Gasteiger charge is 2.29. The summed E-state index contributed by atoms with van der Waals surface area (Å²) in [5.74, 6) is 0.281.